The number of nitrogens with zero attached hydrogens (tertiary/aromatic N) is 7. The minimum Gasteiger partial charge on any atom is -0.505 e. The minimum absolute atomic E-state index is 0.0424. The molecule has 30 nitrogen and oxygen atoms in total. The Morgan fingerprint density at radius 1 is 0.522 bits per heavy atom. The first-order valence-electron chi connectivity index (χ1n) is 17.9. The summed E-state index contributed by atoms with van der Waals surface area (Å²) < 4.78 is 186. The fourth-order valence-corrected chi connectivity index (χ4v) is 8.73. The van der Waals surface area contributed by atoms with Crippen LogP contribution in [0, 0.1) is 5.52 Å². The Morgan fingerprint density at radius 3 is 1.28 bits per heavy atom. The van der Waals surface area contributed by atoms with Crippen LogP contribution in [-0.2, 0) is 30.4 Å². The number of phenolic OH excluding ortho intramolecular Hbond substituents is 2. The summed E-state index contributed by atoms with van der Waals surface area (Å²) in [5, 5.41) is 46.9. The fourth-order valence-electron chi connectivity index (χ4n) is 5.93. The Labute approximate surface area is 394 Å². The molecule has 0 radical (unpaired) electrons. The summed E-state index contributed by atoms with van der Waals surface area (Å²) in [5.74, 6) is -1.63. The van der Waals surface area contributed by atoms with Gasteiger partial charge >= 0.3 is 0 Å². The molecule has 0 aliphatic heterocycles. The summed E-state index contributed by atoms with van der Waals surface area (Å²) in [4.78, 5) is -3.08. The molecule has 0 bridgehead atoms. The van der Waals surface area contributed by atoms with Crippen LogP contribution in [0.5, 0.6) is 11.5 Å². The first-order chi connectivity index (χ1) is 31.9. The molecule has 0 unspecified atom stereocenters. The molecule has 0 fully saturated rings. The standard InChI is InChI=1S/C31H28N10O14S4.CH6O3S.CH4O3S/c1-35-41-29-23(59(53,54)55)7-13-3-5-19(27(33)25(13)31(29)43)40-38-15-9-17-16(21(11-15)57(47,48)49)8-14(10-20(17)56(44,45)46)37-39-18-4-2-12-6-22(58(50,51)52)28(36-34)30(42)24(12)26(18)32;2*1-5(2,3)4/h2-11,34,42-43,47-49,53-55H,32-33H2,1H3,(H,44,45,46)(H,50,51,52);2-4H,1H3;1H3,(H,2,3,4)/i/hD. The monoisotopic (exact) mass is 1090 g/mol. The molecule has 0 saturated heterocycles. The van der Waals surface area contributed by atoms with Gasteiger partial charge in [-0.1, -0.05) is 12.1 Å². The highest BCUT2D eigenvalue weighted by Gasteiger charge is 2.28. The zero-order valence-electron chi connectivity index (χ0n) is 35.7. The number of anilines is 2. The number of aromatic hydroxyl groups is 2. The molecule has 0 heterocycles. The Morgan fingerprint density at radius 2 is 0.899 bits per heavy atom. The average molecular weight is 1090 g/mol. The van der Waals surface area contributed by atoms with Gasteiger partial charge in [0.2, 0.25) is 1.41 Å². The first-order valence-corrected chi connectivity index (χ1v) is 27.1. The molecule has 0 aromatic heterocycles. The summed E-state index contributed by atoms with van der Waals surface area (Å²) in [6.07, 6.45) is 1.65. The third kappa shape index (κ3) is 13.9. The van der Waals surface area contributed by atoms with E-state index >= 15 is 0 Å². The highest BCUT2D eigenvalue weighted by molar-refractivity contribution is 8.20. The van der Waals surface area contributed by atoms with Crippen LogP contribution in [0.1, 0.15) is 0 Å². The van der Waals surface area contributed by atoms with Gasteiger partial charge in [-0.15, -0.1) is 10.2 Å². The largest absolute Gasteiger partial charge is 0.505 e. The topological polar surface area (TPSA) is 548 Å². The van der Waals surface area contributed by atoms with Gasteiger partial charge < -0.3 is 62.7 Å². The maximum absolute atomic E-state index is 12.7. The predicted octanol–water partition coefficient (Wildman–Crippen LogP) is 9.93. The number of phenols is 2. The smallest absolute Gasteiger partial charge is 0.296 e. The van der Waals surface area contributed by atoms with Crippen LogP contribution in [-0.4, -0.2) is 110 Å². The van der Waals surface area contributed by atoms with Gasteiger partial charge in [0.15, 0.2) is 11.5 Å². The molecule has 0 amide bonds. The van der Waals surface area contributed by atoms with Crippen LogP contribution in [0.25, 0.3) is 32.3 Å². The van der Waals surface area contributed by atoms with Crippen LogP contribution < -0.4 is 11.5 Å². The van der Waals surface area contributed by atoms with Crippen molar-refractivity contribution in [2.45, 2.75) is 19.6 Å². The van der Waals surface area contributed by atoms with E-state index in [1.54, 1.807) is 0 Å². The second-order valence-corrected chi connectivity index (χ2v) is 22.4. The summed E-state index contributed by atoms with van der Waals surface area (Å²) in [6, 6.07) is 10.7. The van der Waals surface area contributed by atoms with Crippen molar-refractivity contribution >= 4 is 141 Å². The van der Waals surface area contributed by atoms with Crippen molar-refractivity contribution in [2.24, 2.45) is 35.8 Å². The molecule has 0 aliphatic rings. The molecule has 0 saturated carbocycles. The molecular formula is C33H38N10O20S6. The third-order valence-corrected chi connectivity index (χ3v) is 12.0. The number of hydrogen-bond acceptors (Lipinski definition) is 27. The van der Waals surface area contributed by atoms with Gasteiger partial charge in [-0.05, 0) is 59.3 Å². The Hall–Kier alpha value is -5.88. The van der Waals surface area contributed by atoms with Crippen molar-refractivity contribution in [3.05, 3.63) is 60.7 Å². The minimum atomic E-state index is -5.20. The summed E-state index contributed by atoms with van der Waals surface area (Å²) in [6.45, 7) is 0. The number of hydrogen-bond donors (Lipinski definition) is 17. The van der Waals surface area contributed by atoms with E-state index in [2.05, 4.69) is 41.3 Å². The second kappa shape index (κ2) is 20.2. The van der Waals surface area contributed by atoms with E-state index in [1.165, 1.54) is 31.3 Å². The average Bonchev–Trinajstić information content (AvgIpc) is 3.18. The van der Waals surface area contributed by atoms with E-state index in [0.29, 0.717) is 6.26 Å². The molecule has 69 heavy (non-hydrogen) atoms. The highest BCUT2D eigenvalue weighted by atomic mass is 32.3. The van der Waals surface area contributed by atoms with Crippen molar-refractivity contribution in [2.75, 3.05) is 31.0 Å². The van der Waals surface area contributed by atoms with Crippen LogP contribution in [0.3, 0.4) is 0 Å². The summed E-state index contributed by atoms with van der Waals surface area (Å²) in [5.41, 5.74) is 12.1. The van der Waals surface area contributed by atoms with Crippen molar-refractivity contribution in [3.63, 3.8) is 0 Å². The predicted molar refractivity (Wildman–Crippen MR) is 254 cm³/mol. The Kier molecular flexibility index (Phi) is 15.8. The van der Waals surface area contributed by atoms with Gasteiger partial charge in [-0.3, -0.25) is 13.7 Å². The van der Waals surface area contributed by atoms with Crippen molar-refractivity contribution in [1.82, 2.24) is 0 Å². The first kappa shape index (κ1) is 54.1. The number of benzene rings is 6. The zero-order chi connectivity index (χ0) is 53.3. The van der Waals surface area contributed by atoms with Gasteiger partial charge in [0, 0.05) is 24.1 Å². The molecule has 6 aromatic carbocycles. The molecule has 19 N–H and O–H groups in total. The number of nitrogen functional groups attached to an aromatic ring is 2. The Balaban J connectivity index is 0.000000967. The van der Waals surface area contributed by atoms with Crippen molar-refractivity contribution in [1.29, 1.82) is 5.52 Å². The molecule has 6 rings (SSSR count). The highest BCUT2D eigenvalue weighted by Crippen LogP contribution is 2.56. The van der Waals surface area contributed by atoms with E-state index in [4.69, 9.17) is 31.1 Å². The van der Waals surface area contributed by atoms with E-state index in [0.717, 1.165) is 42.7 Å². The van der Waals surface area contributed by atoms with Gasteiger partial charge in [-0.25, -0.2) is 5.52 Å². The summed E-state index contributed by atoms with van der Waals surface area (Å²) >= 11 is 0. The van der Waals surface area contributed by atoms with Gasteiger partial charge in [-0.2, -0.15) is 50.8 Å². The second-order valence-electron chi connectivity index (χ2n) is 13.6. The van der Waals surface area contributed by atoms with E-state index in [1.807, 2.05) is 0 Å². The molecule has 0 aliphatic carbocycles. The van der Waals surface area contributed by atoms with Crippen molar-refractivity contribution < 1.29 is 91.5 Å². The van der Waals surface area contributed by atoms with Crippen LogP contribution in [0.15, 0.2) is 116 Å². The quantitative estimate of drug-likeness (QED) is 0.0344. The number of fused-ring (bicyclic) bond motifs is 3. The fraction of sp³-hybridized carbons (Fsp3) is 0.0909. The maximum Gasteiger partial charge on any atom is 0.296 e. The summed E-state index contributed by atoms with van der Waals surface area (Å²) in [7, 11) is -24.9. The lowest BCUT2D eigenvalue weighted by Crippen LogP contribution is -2.02. The van der Waals surface area contributed by atoms with E-state index in [-0.39, 0.29) is 55.7 Å². The number of azo groups is 3. The number of nitrogens with two attached hydrogens (primary N) is 2. The van der Waals surface area contributed by atoms with E-state index in [9.17, 15) is 71.9 Å². The van der Waals surface area contributed by atoms with E-state index < -0.39 is 116 Å². The number of nitrogens with one attached hydrogen (secondary N) is 1. The normalized spacial score (nSPS) is 14.1. The SMILES string of the molecule is CS(=O)(=O)O.CS(O)(O)O.[2H]N=Nc1c(S(=O)(=O)O)cc2ccc(N=Nc3cc(S(=O)(=O)O)c4cc(N=Nc5ccc6cc(S(O)(O)O)c(N=NC)c(O)c6c5N)cc(S(O)(O)O)c4c3)c(N)c2c1O. The molecule has 0 atom stereocenters. The third-order valence-electron chi connectivity index (χ3n) is 8.43. The molecule has 6 aromatic rings. The molecular weight excluding hydrogens is 1050 g/mol. The lowest BCUT2D eigenvalue weighted by atomic mass is 10.1. The lowest BCUT2D eigenvalue weighted by molar-refractivity contribution is 0.374. The Bertz CT molecular complexity index is 3520. The molecule has 0 spiro atoms. The maximum atomic E-state index is 12.7. The van der Waals surface area contributed by atoms with Gasteiger partial charge in [0.25, 0.3) is 30.4 Å². The van der Waals surface area contributed by atoms with Gasteiger partial charge in [0.1, 0.15) is 54.3 Å². The lowest BCUT2D eigenvalue weighted by Gasteiger charge is -2.22. The molecule has 36 heteroatoms. The van der Waals surface area contributed by atoms with Crippen LogP contribution >= 0.6 is 32.6 Å². The zero-order valence-corrected chi connectivity index (χ0v) is 39.6. The van der Waals surface area contributed by atoms with Gasteiger partial charge in [0.05, 0.1) is 60.4 Å². The number of rotatable bonds is 10. The van der Waals surface area contributed by atoms with Crippen LogP contribution in [0.4, 0.5) is 45.5 Å². The molecule has 376 valence electrons. The van der Waals surface area contributed by atoms with Crippen LogP contribution in [0.2, 0.25) is 1.41 Å². The van der Waals surface area contributed by atoms with Crippen molar-refractivity contribution in [3.8, 4) is 11.5 Å².